The first-order valence-corrected chi connectivity index (χ1v) is 8.02. The average Bonchev–Trinajstić information content (AvgIpc) is 2.37. The van der Waals surface area contributed by atoms with E-state index in [1.54, 1.807) is 45.0 Å². The third-order valence-electron chi connectivity index (χ3n) is 2.40. The molecule has 1 atom stereocenters. The Morgan fingerprint density at radius 2 is 1.68 bits per heavy atom. The van der Waals surface area contributed by atoms with Gasteiger partial charge in [0.2, 0.25) is 0 Å². The summed E-state index contributed by atoms with van der Waals surface area (Å²) in [5, 5.41) is 9.39. The summed E-state index contributed by atoms with van der Waals surface area (Å²) in [5.41, 5.74) is 0.796. The van der Waals surface area contributed by atoms with Crippen molar-refractivity contribution in [3.63, 3.8) is 0 Å². The van der Waals surface area contributed by atoms with E-state index in [0.717, 1.165) is 5.56 Å². The Kier molecular flexibility index (Phi) is 6.52. The number of hydrogen-bond donors (Lipinski definition) is 1. The Hall–Kier alpha value is -0.870. The molecule has 0 radical (unpaired) electrons. The zero-order valence-electron chi connectivity index (χ0n) is 11.5. The van der Waals surface area contributed by atoms with Crippen molar-refractivity contribution in [2.45, 2.75) is 26.9 Å². The van der Waals surface area contributed by atoms with Gasteiger partial charge in [0.15, 0.2) is 6.35 Å². The lowest BCUT2D eigenvalue weighted by atomic mass is 10.1. The first kappa shape index (κ1) is 16.2. The van der Waals surface area contributed by atoms with Crippen LogP contribution in [0.4, 0.5) is 0 Å². The lowest BCUT2D eigenvalue weighted by Crippen LogP contribution is -2.05. The van der Waals surface area contributed by atoms with Crippen molar-refractivity contribution in [1.29, 1.82) is 0 Å². The summed E-state index contributed by atoms with van der Waals surface area (Å²) in [4.78, 5) is 0. The maximum atomic E-state index is 12.2. The minimum absolute atomic E-state index is 0.122. The molecule has 0 saturated heterocycles. The van der Waals surface area contributed by atoms with Crippen molar-refractivity contribution in [2.24, 2.45) is 0 Å². The molecule has 1 aromatic rings. The van der Waals surface area contributed by atoms with E-state index in [4.69, 9.17) is 13.8 Å². The van der Waals surface area contributed by atoms with E-state index < -0.39 is 13.7 Å². The third kappa shape index (κ3) is 5.33. The van der Waals surface area contributed by atoms with E-state index in [-0.39, 0.29) is 6.35 Å². The van der Waals surface area contributed by atoms with E-state index in [2.05, 4.69) is 0 Å². The highest BCUT2D eigenvalue weighted by Gasteiger charge is 2.24. The van der Waals surface area contributed by atoms with Crippen LogP contribution in [0.25, 0.3) is 0 Å². The smallest absolute Gasteiger partial charge is 0.367 e. The Balaban J connectivity index is 2.61. The van der Waals surface area contributed by atoms with Gasteiger partial charge in [-0.1, -0.05) is 12.1 Å². The van der Waals surface area contributed by atoms with Gasteiger partial charge in [-0.15, -0.1) is 0 Å². The van der Waals surface area contributed by atoms with Crippen molar-refractivity contribution < 1.29 is 23.5 Å². The molecule has 5 nitrogen and oxygen atoms in total. The number of hydrogen-bond acceptors (Lipinski definition) is 5. The number of aliphatic hydroxyl groups excluding tert-OH is 1. The highest BCUT2D eigenvalue weighted by atomic mass is 31.2. The molecular formula is C13H21O5P. The van der Waals surface area contributed by atoms with Gasteiger partial charge in [-0.3, -0.25) is 4.57 Å². The predicted molar refractivity (Wildman–Crippen MR) is 73.4 cm³/mol. The minimum atomic E-state index is -3.19. The lowest BCUT2D eigenvalue weighted by Gasteiger charge is -2.17. The molecule has 0 heterocycles. The second-order valence-electron chi connectivity index (χ2n) is 3.96. The van der Waals surface area contributed by atoms with E-state index in [1.165, 1.54) is 0 Å². The molecule has 6 heteroatoms. The average molecular weight is 288 g/mol. The lowest BCUT2D eigenvalue weighted by molar-refractivity contribution is 0.195. The van der Waals surface area contributed by atoms with Gasteiger partial charge in [0.1, 0.15) is 5.75 Å². The second kappa shape index (κ2) is 7.65. The molecular weight excluding hydrogens is 267 g/mol. The Morgan fingerprint density at radius 3 is 2.11 bits per heavy atom. The standard InChI is InChI=1S/C13H21O5P/c1-4-17-19(15,18-5-2)10-16-13-8-6-12(7-9-13)11(3)14/h6-9,11,14H,4-5,10H2,1-3H3. The number of benzene rings is 1. The highest BCUT2D eigenvalue weighted by molar-refractivity contribution is 7.53. The number of rotatable bonds is 8. The molecule has 0 fully saturated rings. The monoisotopic (exact) mass is 288 g/mol. The van der Waals surface area contributed by atoms with E-state index >= 15 is 0 Å². The van der Waals surface area contributed by atoms with Crippen molar-refractivity contribution in [2.75, 3.05) is 19.6 Å². The summed E-state index contributed by atoms with van der Waals surface area (Å²) in [6.07, 6.45) is -0.644. The van der Waals surface area contributed by atoms with Crippen LogP contribution in [0.1, 0.15) is 32.4 Å². The predicted octanol–water partition coefficient (Wildman–Crippen LogP) is 3.34. The first-order chi connectivity index (χ1) is 9.00. The normalized spacial score (nSPS) is 13.3. The van der Waals surface area contributed by atoms with Gasteiger partial charge in [-0.25, -0.2) is 0 Å². The third-order valence-corrected chi connectivity index (χ3v) is 4.15. The summed E-state index contributed by atoms with van der Waals surface area (Å²) < 4.78 is 27.8. The van der Waals surface area contributed by atoms with Crippen LogP contribution in [-0.4, -0.2) is 24.7 Å². The summed E-state index contributed by atoms with van der Waals surface area (Å²) in [5.74, 6) is 0.559. The Morgan fingerprint density at radius 1 is 1.16 bits per heavy atom. The molecule has 0 amide bonds. The second-order valence-corrected chi connectivity index (χ2v) is 5.96. The van der Waals surface area contributed by atoms with Gasteiger partial charge in [-0.05, 0) is 38.5 Å². The van der Waals surface area contributed by atoms with E-state index in [1.807, 2.05) is 0 Å². The maximum absolute atomic E-state index is 12.2. The summed E-state index contributed by atoms with van der Waals surface area (Å²) in [7, 11) is -3.19. The quantitative estimate of drug-likeness (QED) is 0.743. The van der Waals surface area contributed by atoms with Crippen molar-refractivity contribution in [1.82, 2.24) is 0 Å². The highest BCUT2D eigenvalue weighted by Crippen LogP contribution is 2.47. The van der Waals surface area contributed by atoms with Crippen molar-refractivity contribution in [3.8, 4) is 5.75 Å². The molecule has 0 aromatic heterocycles. The zero-order chi connectivity index (χ0) is 14.3. The number of ether oxygens (including phenoxy) is 1. The minimum Gasteiger partial charge on any atom is -0.481 e. The topological polar surface area (TPSA) is 65.0 Å². The Bertz CT molecular complexity index is 406. The SMILES string of the molecule is CCOP(=O)(COc1ccc(C(C)O)cc1)OCC. The largest absolute Gasteiger partial charge is 0.481 e. The van der Waals surface area contributed by atoms with Crippen LogP contribution in [0.5, 0.6) is 5.75 Å². The van der Waals surface area contributed by atoms with Gasteiger partial charge in [0.05, 0.1) is 19.3 Å². The molecule has 1 rings (SSSR count). The fourth-order valence-electron chi connectivity index (χ4n) is 1.50. The van der Waals surface area contributed by atoms with Crippen LogP contribution >= 0.6 is 7.60 Å². The van der Waals surface area contributed by atoms with Gasteiger partial charge in [0, 0.05) is 0 Å². The van der Waals surface area contributed by atoms with Crippen molar-refractivity contribution >= 4 is 7.60 Å². The molecule has 1 N–H and O–H groups in total. The zero-order valence-corrected chi connectivity index (χ0v) is 12.4. The van der Waals surface area contributed by atoms with Crippen LogP contribution in [0.15, 0.2) is 24.3 Å². The van der Waals surface area contributed by atoms with Crippen molar-refractivity contribution in [3.05, 3.63) is 29.8 Å². The maximum Gasteiger partial charge on any atom is 0.367 e. The molecule has 0 saturated carbocycles. The van der Waals surface area contributed by atoms with Gasteiger partial charge >= 0.3 is 7.60 Å². The Labute approximate surface area is 114 Å². The van der Waals surface area contributed by atoms with E-state index in [0.29, 0.717) is 19.0 Å². The molecule has 0 bridgehead atoms. The van der Waals surface area contributed by atoms with Gasteiger partial charge in [-0.2, -0.15) is 0 Å². The fraction of sp³-hybridized carbons (Fsp3) is 0.538. The van der Waals surface area contributed by atoms with Crippen LogP contribution in [-0.2, 0) is 13.6 Å². The summed E-state index contributed by atoms with van der Waals surface area (Å²) in [6, 6.07) is 6.94. The summed E-state index contributed by atoms with van der Waals surface area (Å²) >= 11 is 0. The number of aliphatic hydroxyl groups is 1. The molecule has 0 aliphatic heterocycles. The fourth-order valence-corrected chi connectivity index (χ4v) is 2.82. The van der Waals surface area contributed by atoms with Gasteiger partial charge < -0.3 is 18.9 Å². The van der Waals surface area contributed by atoms with E-state index in [9.17, 15) is 9.67 Å². The molecule has 19 heavy (non-hydrogen) atoms. The molecule has 1 unspecified atom stereocenters. The van der Waals surface area contributed by atoms with Crippen LogP contribution in [0.2, 0.25) is 0 Å². The van der Waals surface area contributed by atoms with Crippen LogP contribution in [0, 0.1) is 0 Å². The van der Waals surface area contributed by atoms with Crippen LogP contribution < -0.4 is 4.74 Å². The molecule has 1 aromatic carbocycles. The molecule has 0 aliphatic rings. The first-order valence-electron chi connectivity index (χ1n) is 6.29. The van der Waals surface area contributed by atoms with Crippen LogP contribution in [0.3, 0.4) is 0 Å². The molecule has 0 aliphatic carbocycles. The van der Waals surface area contributed by atoms with Gasteiger partial charge in [0.25, 0.3) is 0 Å². The molecule has 0 spiro atoms. The summed E-state index contributed by atoms with van der Waals surface area (Å²) in [6.45, 7) is 5.81. The molecule has 108 valence electrons.